The lowest BCUT2D eigenvalue weighted by atomic mass is 9.84. The van der Waals surface area contributed by atoms with E-state index in [9.17, 15) is 0 Å². The molecule has 0 atom stereocenters. The van der Waals surface area contributed by atoms with E-state index in [0.717, 1.165) is 13.1 Å². The lowest BCUT2D eigenvalue weighted by Crippen LogP contribution is -1.94. The average Bonchev–Trinajstić information content (AvgIpc) is 3.83. The summed E-state index contributed by atoms with van der Waals surface area (Å²) in [4.78, 5) is 0. The Morgan fingerprint density at radius 3 is 1.35 bits per heavy atom. The molecule has 0 bridgehead atoms. The van der Waals surface area contributed by atoms with Crippen molar-refractivity contribution in [3.8, 4) is 44.5 Å². The van der Waals surface area contributed by atoms with E-state index >= 15 is 0 Å². The molecule has 0 radical (unpaired) electrons. The van der Waals surface area contributed by atoms with E-state index in [0.29, 0.717) is 0 Å². The molecule has 0 saturated carbocycles. The normalized spacial score (nSPS) is 12.0. The van der Waals surface area contributed by atoms with Gasteiger partial charge in [0.2, 0.25) is 0 Å². The molecule has 0 spiro atoms. The number of fused-ring (bicyclic) bond motifs is 9. The van der Waals surface area contributed by atoms with E-state index in [4.69, 9.17) is 0 Å². The second-order valence-electron chi connectivity index (χ2n) is 16.1. The fourth-order valence-electron chi connectivity index (χ4n) is 10.6. The minimum Gasteiger partial charge on any atom is -0.341 e. The van der Waals surface area contributed by atoms with Crippen LogP contribution in [0.2, 0.25) is 0 Å². The molecule has 0 saturated heterocycles. The Kier molecular flexibility index (Phi) is 7.83. The van der Waals surface area contributed by atoms with Crippen LogP contribution in [0.5, 0.6) is 0 Å². The molecular formula is C58H42N2. The molecule has 10 aromatic carbocycles. The summed E-state index contributed by atoms with van der Waals surface area (Å²) in [6, 6.07) is 72.5. The minimum absolute atomic E-state index is 0.911. The minimum atomic E-state index is 0.911. The van der Waals surface area contributed by atoms with E-state index in [-0.39, 0.29) is 0 Å². The summed E-state index contributed by atoms with van der Waals surface area (Å²) in [6.45, 7) is 6.33. The molecule has 0 aliphatic carbocycles. The molecule has 284 valence electrons. The zero-order valence-corrected chi connectivity index (χ0v) is 33.8. The van der Waals surface area contributed by atoms with Crippen LogP contribution in [0.15, 0.2) is 194 Å². The van der Waals surface area contributed by atoms with Gasteiger partial charge in [-0.25, -0.2) is 0 Å². The fraction of sp³-hybridized carbons (Fsp3) is 0.0690. The fourth-order valence-corrected chi connectivity index (χ4v) is 10.6. The van der Waals surface area contributed by atoms with Crippen LogP contribution in [-0.2, 0) is 13.1 Å². The van der Waals surface area contributed by atoms with Crippen molar-refractivity contribution < 1.29 is 0 Å². The summed E-state index contributed by atoms with van der Waals surface area (Å²) in [5.74, 6) is 0. The molecule has 2 heterocycles. The van der Waals surface area contributed by atoms with Crippen molar-refractivity contribution in [2.24, 2.45) is 0 Å². The van der Waals surface area contributed by atoms with Gasteiger partial charge in [-0.1, -0.05) is 158 Å². The zero-order valence-electron chi connectivity index (χ0n) is 33.8. The number of para-hydroxylation sites is 2. The Bertz CT molecular complexity index is 3500. The largest absolute Gasteiger partial charge is 0.341 e. The summed E-state index contributed by atoms with van der Waals surface area (Å²) in [5.41, 5.74) is 15.1. The van der Waals surface area contributed by atoms with Gasteiger partial charge < -0.3 is 9.13 Å². The van der Waals surface area contributed by atoms with Crippen LogP contribution in [0.25, 0.3) is 120 Å². The molecule has 12 aromatic rings. The number of hydrogen-bond donors (Lipinski definition) is 0. The van der Waals surface area contributed by atoms with Crippen molar-refractivity contribution in [3.05, 3.63) is 194 Å². The third kappa shape index (κ3) is 5.01. The molecule has 0 aliphatic heterocycles. The monoisotopic (exact) mass is 766 g/mol. The molecule has 0 unspecified atom stereocenters. The first-order valence-corrected chi connectivity index (χ1v) is 21.3. The number of rotatable bonds is 6. The van der Waals surface area contributed by atoms with Gasteiger partial charge in [-0.3, -0.25) is 0 Å². The van der Waals surface area contributed by atoms with Gasteiger partial charge in [0, 0.05) is 56.7 Å². The van der Waals surface area contributed by atoms with Gasteiger partial charge >= 0.3 is 0 Å². The molecule has 12 rings (SSSR count). The molecule has 2 aromatic heterocycles. The summed E-state index contributed by atoms with van der Waals surface area (Å²) in [5, 5.41) is 12.7. The topological polar surface area (TPSA) is 9.86 Å². The second kappa shape index (κ2) is 13.6. The smallest absolute Gasteiger partial charge is 0.0497 e. The molecule has 0 amide bonds. The first-order valence-electron chi connectivity index (χ1n) is 21.3. The van der Waals surface area contributed by atoms with Crippen LogP contribution in [0, 0.1) is 0 Å². The predicted octanol–water partition coefficient (Wildman–Crippen LogP) is 16.1. The molecule has 60 heavy (non-hydrogen) atoms. The molecule has 0 aliphatic rings. The van der Waals surface area contributed by atoms with Crippen LogP contribution in [0.3, 0.4) is 0 Å². The number of aromatic nitrogens is 2. The Morgan fingerprint density at radius 2 is 0.767 bits per heavy atom. The Morgan fingerprint density at radius 1 is 0.300 bits per heavy atom. The summed E-state index contributed by atoms with van der Waals surface area (Å²) in [6.07, 6.45) is 0. The average molecular weight is 767 g/mol. The highest BCUT2D eigenvalue weighted by atomic mass is 15.0. The van der Waals surface area contributed by atoms with E-state index < -0.39 is 0 Å². The van der Waals surface area contributed by atoms with Crippen molar-refractivity contribution in [1.29, 1.82) is 0 Å². The highest BCUT2D eigenvalue weighted by molar-refractivity contribution is 6.25. The SMILES string of the molecule is CCn1c2ccccc2c2c(-c3cccc4c(-c5cccc6cc(-c7ccccc7)ccc56)c5cccc(-c6cccc7c6c6ccccc6n7CC)c5cc34)cccc21. The summed E-state index contributed by atoms with van der Waals surface area (Å²) in [7, 11) is 0. The van der Waals surface area contributed by atoms with Crippen molar-refractivity contribution in [3.63, 3.8) is 0 Å². The number of hydrogen-bond acceptors (Lipinski definition) is 0. The van der Waals surface area contributed by atoms with Crippen LogP contribution in [-0.4, -0.2) is 9.13 Å². The van der Waals surface area contributed by atoms with Crippen LogP contribution < -0.4 is 0 Å². The van der Waals surface area contributed by atoms with Gasteiger partial charge in [-0.15, -0.1) is 0 Å². The van der Waals surface area contributed by atoms with Gasteiger partial charge in [0.15, 0.2) is 0 Å². The molecule has 2 nitrogen and oxygen atoms in total. The Balaban J connectivity index is 1.22. The van der Waals surface area contributed by atoms with E-state index in [1.54, 1.807) is 0 Å². The molecular weight excluding hydrogens is 725 g/mol. The van der Waals surface area contributed by atoms with E-state index in [2.05, 4.69) is 217 Å². The maximum absolute atomic E-state index is 2.51. The first-order chi connectivity index (χ1) is 29.7. The predicted molar refractivity (Wildman–Crippen MR) is 258 cm³/mol. The van der Waals surface area contributed by atoms with E-state index in [1.165, 1.54) is 120 Å². The third-order valence-electron chi connectivity index (χ3n) is 13.1. The Hall–Kier alpha value is -7.42. The third-order valence-corrected chi connectivity index (χ3v) is 13.1. The molecule has 0 N–H and O–H groups in total. The standard InChI is InChI=1S/C58H42N2/c1-3-59-52-29-10-8-20-48(52)57-44(27-15-31-54(57)59)41-22-13-25-46-50(41)36-51-42(45-28-16-32-55-58(45)49-21-9-11-30-53(49)60(55)4-2)23-14-26-47(51)56(46)43-24-12-19-39-35-38(33-34-40(39)43)37-17-6-5-7-18-37/h5-36H,3-4H2,1-2H3. The number of benzene rings is 10. The maximum atomic E-state index is 2.51. The number of aryl methyl sites for hydroxylation is 2. The zero-order chi connectivity index (χ0) is 39.9. The quantitative estimate of drug-likeness (QED) is 0.149. The van der Waals surface area contributed by atoms with Gasteiger partial charge in [0.05, 0.1) is 0 Å². The van der Waals surface area contributed by atoms with Crippen molar-refractivity contribution in [2.75, 3.05) is 0 Å². The van der Waals surface area contributed by atoms with E-state index in [1.807, 2.05) is 0 Å². The Labute approximate surface area is 349 Å². The van der Waals surface area contributed by atoms with Crippen molar-refractivity contribution in [2.45, 2.75) is 26.9 Å². The van der Waals surface area contributed by atoms with Crippen LogP contribution in [0.4, 0.5) is 0 Å². The summed E-state index contributed by atoms with van der Waals surface area (Å²) < 4.78 is 4.93. The van der Waals surface area contributed by atoms with Gasteiger partial charge in [-0.05, 0) is 127 Å². The highest BCUT2D eigenvalue weighted by Gasteiger charge is 2.22. The van der Waals surface area contributed by atoms with Gasteiger partial charge in [0.25, 0.3) is 0 Å². The second-order valence-corrected chi connectivity index (χ2v) is 16.1. The molecule has 0 fully saturated rings. The van der Waals surface area contributed by atoms with Crippen molar-refractivity contribution in [1.82, 2.24) is 9.13 Å². The lowest BCUT2D eigenvalue weighted by Gasteiger charge is -2.19. The number of nitrogens with zero attached hydrogens (tertiary/aromatic N) is 2. The van der Waals surface area contributed by atoms with Crippen molar-refractivity contribution >= 4 is 75.9 Å². The van der Waals surface area contributed by atoms with Crippen LogP contribution >= 0.6 is 0 Å². The highest BCUT2D eigenvalue weighted by Crippen LogP contribution is 2.48. The lowest BCUT2D eigenvalue weighted by molar-refractivity contribution is 0.827. The van der Waals surface area contributed by atoms with Gasteiger partial charge in [0.1, 0.15) is 0 Å². The molecule has 2 heteroatoms. The summed E-state index contributed by atoms with van der Waals surface area (Å²) >= 11 is 0. The maximum Gasteiger partial charge on any atom is 0.0497 e. The van der Waals surface area contributed by atoms with Crippen LogP contribution in [0.1, 0.15) is 13.8 Å². The van der Waals surface area contributed by atoms with Gasteiger partial charge in [-0.2, -0.15) is 0 Å². The first kappa shape index (κ1) is 34.6.